The lowest BCUT2D eigenvalue weighted by Gasteiger charge is -2.35. The van der Waals surface area contributed by atoms with Gasteiger partial charge in [-0.1, -0.05) is 12.1 Å². The number of piperazine rings is 1. The van der Waals surface area contributed by atoms with Gasteiger partial charge in [0.2, 0.25) is 5.91 Å². The van der Waals surface area contributed by atoms with Crippen LogP contribution in [0, 0.1) is 0 Å². The zero-order chi connectivity index (χ0) is 19.8. The first-order valence-corrected chi connectivity index (χ1v) is 10.2. The van der Waals surface area contributed by atoms with Crippen LogP contribution in [-0.4, -0.2) is 67.1 Å². The second-order valence-corrected chi connectivity index (χ2v) is 7.72. The topological polar surface area (TPSA) is 76.3 Å². The highest BCUT2D eigenvalue weighted by Gasteiger charge is 2.28. The molecule has 1 fully saturated rings. The Hall–Kier alpha value is -3.16. The third kappa shape index (κ3) is 3.28. The van der Waals surface area contributed by atoms with E-state index in [0.29, 0.717) is 26.2 Å². The van der Waals surface area contributed by atoms with Crippen molar-refractivity contribution in [3.05, 3.63) is 48.0 Å². The second kappa shape index (κ2) is 7.35. The Labute approximate surface area is 168 Å². The minimum absolute atomic E-state index is 0.0425. The highest BCUT2D eigenvalue weighted by Crippen LogP contribution is 2.20. The number of aromatic nitrogens is 4. The SMILES string of the molecule is O=C(Cn1cnc2ccccc21)N1CCN(C(=O)c2cnn3c2CCCC3)CC1. The Morgan fingerprint density at radius 2 is 1.76 bits per heavy atom. The number of imidazole rings is 1. The standard InChI is InChI=1S/C21H24N6O2/c28-20(14-26-15-22-17-5-1-2-7-19(17)26)24-9-11-25(12-10-24)21(29)16-13-23-27-8-4-3-6-18(16)27/h1-2,5,7,13,15H,3-4,6,8-12,14H2. The van der Waals surface area contributed by atoms with Gasteiger partial charge in [-0.2, -0.15) is 5.10 Å². The van der Waals surface area contributed by atoms with Crippen molar-refractivity contribution in [2.75, 3.05) is 26.2 Å². The molecule has 1 saturated heterocycles. The number of amides is 2. The largest absolute Gasteiger partial charge is 0.338 e. The molecular formula is C21H24N6O2. The summed E-state index contributed by atoms with van der Waals surface area (Å²) in [7, 11) is 0. The van der Waals surface area contributed by atoms with Crippen LogP contribution in [0.1, 0.15) is 28.9 Å². The minimum atomic E-state index is 0.0425. The van der Waals surface area contributed by atoms with Crippen molar-refractivity contribution in [1.82, 2.24) is 29.1 Å². The van der Waals surface area contributed by atoms with E-state index in [0.717, 1.165) is 48.1 Å². The average Bonchev–Trinajstić information content (AvgIpc) is 3.38. The molecule has 2 aliphatic heterocycles. The van der Waals surface area contributed by atoms with Crippen LogP contribution in [0.25, 0.3) is 11.0 Å². The molecule has 0 aliphatic carbocycles. The number of carbonyl (C=O) groups excluding carboxylic acids is 2. The van der Waals surface area contributed by atoms with Crippen LogP contribution in [0.3, 0.4) is 0 Å². The molecule has 0 radical (unpaired) electrons. The average molecular weight is 392 g/mol. The van der Waals surface area contributed by atoms with E-state index in [-0.39, 0.29) is 18.4 Å². The molecule has 8 nitrogen and oxygen atoms in total. The molecule has 2 aliphatic rings. The summed E-state index contributed by atoms with van der Waals surface area (Å²) in [5.74, 6) is 0.101. The molecule has 5 rings (SSSR count). The van der Waals surface area contributed by atoms with E-state index in [4.69, 9.17) is 0 Å². The second-order valence-electron chi connectivity index (χ2n) is 7.72. The van der Waals surface area contributed by atoms with Gasteiger partial charge in [0.15, 0.2) is 0 Å². The lowest BCUT2D eigenvalue weighted by atomic mass is 10.1. The molecule has 0 atom stereocenters. The van der Waals surface area contributed by atoms with Crippen LogP contribution < -0.4 is 0 Å². The predicted octanol–water partition coefficient (Wildman–Crippen LogP) is 1.55. The predicted molar refractivity (Wildman–Crippen MR) is 107 cm³/mol. The summed E-state index contributed by atoms with van der Waals surface area (Å²) < 4.78 is 3.85. The van der Waals surface area contributed by atoms with Gasteiger partial charge in [-0.15, -0.1) is 0 Å². The van der Waals surface area contributed by atoms with Crippen molar-refractivity contribution < 1.29 is 9.59 Å². The molecule has 0 spiro atoms. The summed E-state index contributed by atoms with van der Waals surface area (Å²) in [5, 5.41) is 4.38. The molecule has 0 saturated carbocycles. The van der Waals surface area contributed by atoms with Crippen LogP contribution in [0.15, 0.2) is 36.8 Å². The Morgan fingerprint density at radius 1 is 0.966 bits per heavy atom. The number of rotatable bonds is 3. The Kier molecular flexibility index (Phi) is 4.54. The first kappa shape index (κ1) is 17.9. The Bertz CT molecular complexity index is 1060. The first-order chi connectivity index (χ1) is 14.2. The highest BCUT2D eigenvalue weighted by molar-refractivity contribution is 5.95. The molecule has 8 heteroatoms. The number of benzene rings is 1. The number of aryl methyl sites for hydroxylation is 1. The summed E-state index contributed by atoms with van der Waals surface area (Å²) >= 11 is 0. The van der Waals surface area contributed by atoms with Crippen molar-refractivity contribution >= 4 is 22.8 Å². The molecular weight excluding hydrogens is 368 g/mol. The van der Waals surface area contributed by atoms with E-state index in [9.17, 15) is 9.59 Å². The summed E-state index contributed by atoms with van der Waals surface area (Å²) in [6, 6.07) is 7.80. The maximum Gasteiger partial charge on any atom is 0.257 e. The van der Waals surface area contributed by atoms with Crippen molar-refractivity contribution in [2.24, 2.45) is 0 Å². The highest BCUT2D eigenvalue weighted by atomic mass is 16.2. The summed E-state index contributed by atoms with van der Waals surface area (Å²) in [4.78, 5) is 33.8. The van der Waals surface area contributed by atoms with Gasteiger partial charge in [-0.25, -0.2) is 4.98 Å². The van der Waals surface area contributed by atoms with Crippen molar-refractivity contribution in [3.8, 4) is 0 Å². The fourth-order valence-corrected chi connectivity index (χ4v) is 4.31. The van der Waals surface area contributed by atoms with Gasteiger partial charge in [0.1, 0.15) is 6.54 Å². The van der Waals surface area contributed by atoms with Crippen molar-refractivity contribution in [3.63, 3.8) is 0 Å². The molecule has 4 heterocycles. The van der Waals surface area contributed by atoms with Gasteiger partial charge < -0.3 is 14.4 Å². The molecule has 150 valence electrons. The minimum Gasteiger partial charge on any atom is -0.338 e. The maximum absolute atomic E-state index is 13.0. The van der Waals surface area contributed by atoms with Gasteiger partial charge in [-0.05, 0) is 31.4 Å². The summed E-state index contributed by atoms with van der Waals surface area (Å²) in [6.45, 7) is 3.39. The van der Waals surface area contributed by atoms with E-state index in [1.165, 1.54) is 0 Å². The number of carbonyl (C=O) groups is 2. The molecule has 1 aromatic carbocycles. The number of fused-ring (bicyclic) bond motifs is 2. The molecule has 0 unspecified atom stereocenters. The Morgan fingerprint density at radius 3 is 2.62 bits per heavy atom. The number of para-hydroxylation sites is 2. The maximum atomic E-state index is 13.0. The third-order valence-corrected chi connectivity index (χ3v) is 5.97. The van der Waals surface area contributed by atoms with Crippen LogP contribution >= 0.6 is 0 Å². The Balaban J connectivity index is 1.22. The zero-order valence-electron chi connectivity index (χ0n) is 16.3. The lowest BCUT2D eigenvalue weighted by Crippen LogP contribution is -2.51. The monoisotopic (exact) mass is 392 g/mol. The third-order valence-electron chi connectivity index (χ3n) is 5.97. The number of nitrogens with zero attached hydrogens (tertiary/aromatic N) is 6. The van der Waals surface area contributed by atoms with Crippen LogP contribution in [0.5, 0.6) is 0 Å². The molecule has 29 heavy (non-hydrogen) atoms. The van der Waals surface area contributed by atoms with Gasteiger partial charge in [0, 0.05) is 32.7 Å². The number of hydrogen-bond acceptors (Lipinski definition) is 4. The van der Waals surface area contributed by atoms with Gasteiger partial charge in [0.25, 0.3) is 5.91 Å². The van der Waals surface area contributed by atoms with E-state index in [1.54, 1.807) is 12.5 Å². The zero-order valence-corrected chi connectivity index (χ0v) is 16.3. The van der Waals surface area contributed by atoms with Gasteiger partial charge in [0.05, 0.1) is 34.8 Å². The van der Waals surface area contributed by atoms with E-state index in [1.807, 2.05) is 43.3 Å². The van der Waals surface area contributed by atoms with E-state index < -0.39 is 0 Å². The molecule has 2 amide bonds. The first-order valence-electron chi connectivity index (χ1n) is 10.2. The fourth-order valence-electron chi connectivity index (χ4n) is 4.31. The summed E-state index contributed by atoms with van der Waals surface area (Å²) in [6.07, 6.45) is 6.57. The van der Waals surface area contributed by atoms with Crippen molar-refractivity contribution in [2.45, 2.75) is 32.4 Å². The molecule has 0 bridgehead atoms. The van der Waals surface area contributed by atoms with Crippen LogP contribution in [-0.2, 0) is 24.3 Å². The molecule has 3 aromatic rings. The van der Waals surface area contributed by atoms with E-state index in [2.05, 4.69) is 10.1 Å². The van der Waals surface area contributed by atoms with Crippen LogP contribution in [0.2, 0.25) is 0 Å². The quantitative estimate of drug-likeness (QED) is 0.678. The number of hydrogen-bond donors (Lipinski definition) is 0. The van der Waals surface area contributed by atoms with E-state index >= 15 is 0 Å². The smallest absolute Gasteiger partial charge is 0.257 e. The fraction of sp³-hybridized carbons (Fsp3) is 0.429. The lowest BCUT2D eigenvalue weighted by molar-refractivity contribution is -0.133. The van der Waals surface area contributed by atoms with Gasteiger partial charge in [-0.3, -0.25) is 14.3 Å². The summed E-state index contributed by atoms with van der Waals surface area (Å²) in [5.41, 5.74) is 3.64. The normalized spacial score (nSPS) is 16.8. The van der Waals surface area contributed by atoms with Crippen LogP contribution in [0.4, 0.5) is 0 Å². The molecule has 2 aromatic heterocycles. The van der Waals surface area contributed by atoms with Crippen molar-refractivity contribution in [1.29, 1.82) is 0 Å². The molecule has 0 N–H and O–H groups in total. The van der Waals surface area contributed by atoms with Gasteiger partial charge >= 0.3 is 0 Å².